The number of Topliss-reactive ketones (excluding diaryl/α,β-unsaturated/α-hetero) is 1. The summed E-state index contributed by atoms with van der Waals surface area (Å²) >= 11 is 0. The van der Waals surface area contributed by atoms with Crippen LogP contribution >= 0.6 is 0 Å². The van der Waals surface area contributed by atoms with Gasteiger partial charge in [-0.1, -0.05) is 36.1 Å². The summed E-state index contributed by atoms with van der Waals surface area (Å²) in [5, 5.41) is 12.1. The second kappa shape index (κ2) is 5.89. The van der Waals surface area contributed by atoms with Gasteiger partial charge in [0.2, 0.25) is 5.78 Å². The predicted octanol–water partition coefficient (Wildman–Crippen LogP) is 1.33. The van der Waals surface area contributed by atoms with Gasteiger partial charge in [0.25, 0.3) is 0 Å². The van der Waals surface area contributed by atoms with E-state index in [0.29, 0.717) is 23.4 Å². The number of benzene rings is 2. The number of aryl methyl sites for hydroxylation is 1. The van der Waals surface area contributed by atoms with Gasteiger partial charge in [0.15, 0.2) is 5.76 Å². The molecule has 0 unspecified atom stereocenters. The maximum Gasteiger partial charge on any atom is 0.231 e. The minimum Gasteiger partial charge on any atom is -0.872 e. The number of ether oxygens (including phenoxy) is 1. The first kappa shape index (κ1) is 15.3. The summed E-state index contributed by atoms with van der Waals surface area (Å²) in [6.45, 7) is 2.50. The number of carbonyl (C=O) groups is 1. The van der Waals surface area contributed by atoms with E-state index in [-0.39, 0.29) is 17.3 Å². The molecule has 0 spiro atoms. The molecule has 1 heterocycles. The standard InChI is InChI=1S/C19H19NO3/c1-12-6-4-5-7-13(12)10-17-18(22)14-8-9-16(21)15(11-20(2)3)19(14)23-17/h4-10,21H,11H2,1-3H3. The average Bonchev–Trinajstić information content (AvgIpc) is 2.81. The lowest BCUT2D eigenvalue weighted by Crippen LogP contribution is -3.04. The van der Waals surface area contributed by atoms with Crippen LogP contribution in [0.5, 0.6) is 11.5 Å². The van der Waals surface area contributed by atoms with Crippen LogP contribution in [-0.4, -0.2) is 19.9 Å². The van der Waals surface area contributed by atoms with E-state index in [1.165, 1.54) is 6.07 Å². The third-order valence-corrected chi connectivity index (χ3v) is 3.90. The van der Waals surface area contributed by atoms with Crippen molar-refractivity contribution in [2.75, 3.05) is 14.1 Å². The van der Waals surface area contributed by atoms with Crippen LogP contribution in [0.3, 0.4) is 0 Å². The van der Waals surface area contributed by atoms with Crippen LogP contribution in [0.25, 0.3) is 6.08 Å². The Kier molecular flexibility index (Phi) is 3.92. The molecule has 4 nitrogen and oxygen atoms in total. The summed E-state index contributed by atoms with van der Waals surface area (Å²) in [4.78, 5) is 13.7. The monoisotopic (exact) mass is 309 g/mol. The molecule has 0 fully saturated rings. The van der Waals surface area contributed by atoms with E-state index in [4.69, 9.17) is 4.74 Å². The van der Waals surface area contributed by atoms with Crippen LogP contribution in [0.4, 0.5) is 0 Å². The van der Waals surface area contributed by atoms with E-state index in [2.05, 4.69) is 0 Å². The van der Waals surface area contributed by atoms with E-state index in [1.54, 1.807) is 12.1 Å². The lowest BCUT2D eigenvalue weighted by atomic mass is 10.0. The van der Waals surface area contributed by atoms with Crippen molar-refractivity contribution in [3.63, 3.8) is 0 Å². The fourth-order valence-corrected chi connectivity index (χ4v) is 2.70. The zero-order valence-corrected chi connectivity index (χ0v) is 13.5. The number of ketones is 1. The maximum absolute atomic E-state index is 12.6. The van der Waals surface area contributed by atoms with Crippen molar-refractivity contribution in [2.24, 2.45) is 0 Å². The number of hydrogen-bond acceptors (Lipinski definition) is 3. The molecule has 0 radical (unpaired) electrons. The van der Waals surface area contributed by atoms with Crippen molar-refractivity contribution < 1.29 is 19.5 Å². The van der Waals surface area contributed by atoms with Crippen molar-refractivity contribution in [3.05, 3.63) is 64.4 Å². The molecule has 0 saturated carbocycles. The van der Waals surface area contributed by atoms with Gasteiger partial charge in [-0.25, -0.2) is 0 Å². The van der Waals surface area contributed by atoms with E-state index >= 15 is 0 Å². The molecular formula is C19H19NO3. The molecule has 23 heavy (non-hydrogen) atoms. The Morgan fingerprint density at radius 2 is 1.91 bits per heavy atom. The van der Waals surface area contributed by atoms with Crippen LogP contribution < -0.4 is 14.7 Å². The van der Waals surface area contributed by atoms with Crippen LogP contribution in [-0.2, 0) is 6.54 Å². The van der Waals surface area contributed by atoms with Gasteiger partial charge < -0.3 is 14.7 Å². The first-order chi connectivity index (χ1) is 11.0. The maximum atomic E-state index is 12.6. The summed E-state index contributed by atoms with van der Waals surface area (Å²) in [6.07, 6.45) is 1.74. The zero-order chi connectivity index (χ0) is 16.6. The Morgan fingerprint density at radius 3 is 2.61 bits per heavy atom. The molecule has 3 rings (SSSR count). The van der Waals surface area contributed by atoms with E-state index in [1.807, 2.05) is 45.3 Å². The highest BCUT2D eigenvalue weighted by Crippen LogP contribution is 2.38. The number of allylic oxidation sites excluding steroid dienone is 1. The number of rotatable bonds is 3. The summed E-state index contributed by atoms with van der Waals surface area (Å²) in [6, 6.07) is 10.8. The molecule has 0 aliphatic carbocycles. The second-order valence-corrected chi connectivity index (χ2v) is 6.10. The lowest BCUT2D eigenvalue weighted by Gasteiger charge is -2.17. The molecular weight excluding hydrogens is 290 g/mol. The van der Waals surface area contributed by atoms with Crippen molar-refractivity contribution in [1.29, 1.82) is 0 Å². The lowest BCUT2D eigenvalue weighted by molar-refractivity contribution is -0.872. The fraction of sp³-hybridized carbons (Fsp3) is 0.211. The van der Waals surface area contributed by atoms with E-state index in [0.717, 1.165) is 16.0 Å². The zero-order valence-electron chi connectivity index (χ0n) is 13.5. The normalized spacial score (nSPS) is 15.1. The number of hydrogen-bond donors (Lipinski definition) is 1. The molecule has 0 amide bonds. The van der Waals surface area contributed by atoms with Crippen LogP contribution in [0, 0.1) is 6.92 Å². The van der Waals surface area contributed by atoms with Gasteiger partial charge in [-0.3, -0.25) is 4.79 Å². The molecule has 118 valence electrons. The van der Waals surface area contributed by atoms with Crippen LogP contribution in [0.15, 0.2) is 42.2 Å². The van der Waals surface area contributed by atoms with E-state index in [9.17, 15) is 9.90 Å². The highest BCUT2D eigenvalue weighted by molar-refractivity contribution is 6.15. The third-order valence-electron chi connectivity index (χ3n) is 3.90. The third kappa shape index (κ3) is 2.85. The first-order valence-electron chi connectivity index (χ1n) is 7.59. The molecule has 4 heteroatoms. The van der Waals surface area contributed by atoms with Crippen LogP contribution in [0.1, 0.15) is 27.0 Å². The summed E-state index contributed by atoms with van der Waals surface area (Å²) < 4.78 is 5.79. The quantitative estimate of drug-likeness (QED) is 0.870. The Labute approximate surface area is 135 Å². The average molecular weight is 309 g/mol. The van der Waals surface area contributed by atoms with Gasteiger partial charge in [0.05, 0.1) is 19.7 Å². The SMILES string of the molecule is Cc1ccccc1C=C1Oc2c(ccc([O-])c2C[NH+](C)C)C1=O. The Balaban J connectivity index is 2.04. The van der Waals surface area contributed by atoms with Crippen molar-refractivity contribution >= 4 is 11.9 Å². The molecule has 2 aromatic rings. The largest absolute Gasteiger partial charge is 0.872 e. The minimum atomic E-state index is -0.168. The van der Waals surface area contributed by atoms with Crippen molar-refractivity contribution in [1.82, 2.24) is 0 Å². The Bertz CT molecular complexity index is 806. The van der Waals surface area contributed by atoms with Gasteiger partial charge in [-0.05, 0) is 30.2 Å². The van der Waals surface area contributed by atoms with Gasteiger partial charge in [0.1, 0.15) is 12.3 Å². The molecule has 0 saturated heterocycles. The summed E-state index contributed by atoms with van der Waals surface area (Å²) in [7, 11) is 3.92. The Hall–Kier alpha value is -2.59. The van der Waals surface area contributed by atoms with E-state index < -0.39 is 0 Å². The topological polar surface area (TPSA) is 53.8 Å². The minimum absolute atomic E-state index is 0.0881. The summed E-state index contributed by atoms with van der Waals surface area (Å²) in [5.74, 6) is 0.437. The highest BCUT2D eigenvalue weighted by atomic mass is 16.5. The smallest absolute Gasteiger partial charge is 0.231 e. The molecule has 1 aliphatic heterocycles. The van der Waals surface area contributed by atoms with Gasteiger partial charge >= 0.3 is 0 Å². The van der Waals surface area contributed by atoms with Crippen LogP contribution in [0.2, 0.25) is 0 Å². The fourth-order valence-electron chi connectivity index (χ4n) is 2.70. The number of fused-ring (bicyclic) bond motifs is 1. The number of carbonyl (C=O) groups excluding carboxylic acids is 1. The molecule has 0 atom stereocenters. The molecule has 2 aromatic carbocycles. The molecule has 0 bridgehead atoms. The van der Waals surface area contributed by atoms with Gasteiger partial charge in [-0.2, -0.15) is 0 Å². The van der Waals surface area contributed by atoms with Gasteiger partial charge in [-0.15, -0.1) is 0 Å². The van der Waals surface area contributed by atoms with Crippen molar-refractivity contribution in [3.8, 4) is 11.5 Å². The number of quaternary nitrogens is 1. The Morgan fingerprint density at radius 1 is 1.17 bits per heavy atom. The highest BCUT2D eigenvalue weighted by Gasteiger charge is 2.30. The molecule has 0 aromatic heterocycles. The first-order valence-corrected chi connectivity index (χ1v) is 7.59. The molecule has 1 aliphatic rings. The number of nitrogens with one attached hydrogen (secondary N) is 1. The summed E-state index contributed by atoms with van der Waals surface area (Å²) in [5.41, 5.74) is 3.03. The molecule has 1 N–H and O–H groups in total. The van der Waals surface area contributed by atoms with Crippen molar-refractivity contribution in [2.45, 2.75) is 13.5 Å². The predicted molar refractivity (Wildman–Crippen MR) is 86.5 cm³/mol. The second-order valence-electron chi connectivity index (χ2n) is 6.10. The van der Waals surface area contributed by atoms with Gasteiger partial charge in [0, 0.05) is 5.56 Å².